The summed E-state index contributed by atoms with van der Waals surface area (Å²) in [5.74, 6) is 0. The Bertz CT molecular complexity index is 19.1. The number of rotatable bonds is 0. The van der Waals surface area contributed by atoms with Gasteiger partial charge in [-0.05, 0) is 0 Å². The first-order chi connectivity index (χ1) is 1.41. The summed E-state index contributed by atoms with van der Waals surface area (Å²) in [5, 5.41) is 0. The summed E-state index contributed by atoms with van der Waals surface area (Å²) >= 11 is 0. The van der Waals surface area contributed by atoms with E-state index in [2.05, 4.69) is 8.79 Å². The van der Waals surface area contributed by atoms with Crippen molar-refractivity contribution in [3.05, 3.63) is 0 Å². The Morgan fingerprint density at radius 1 is 1.60 bits per heavy atom. The average molecular weight is 163 g/mol. The molecule has 1 unspecified atom stereocenters. The van der Waals surface area contributed by atoms with Gasteiger partial charge in [0.2, 0.25) is 0 Å². The Kier molecular flexibility index (Phi) is 57.2. The minimum absolute atomic E-state index is 0. The molecule has 0 rings (SSSR count). The van der Waals surface area contributed by atoms with Crippen molar-refractivity contribution in [1.29, 1.82) is 0 Å². The molecule has 31 valence electrons. The zero-order valence-electron chi connectivity index (χ0n) is 1.94. The molecule has 0 saturated carbocycles. The van der Waals surface area contributed by atoms with E-state index in [9.17, 15) is 0 Å². The largest absolute Gasteiger partial charge is 0.387 e. The summed E-state index contributed by atoms with van der Waals surface area (Å²) in [7, 11) is 1.52. The van der Waals surface area contributed by atoms with Gasteiger partial charge in [-0.2, -0.15) is 0 Å². The summed E-state index contributed by atoms with van der Waals surface area (Å²) in [4.78, 5) is 0. The van der Waals surface area contributed by atoms with E-state index in [-0.39, 0.29) is 34.4 Å². The van der Waals surface area contributed by atoms with Crippen LogP contribution in [-0.2, 0) is 21.5 Å². The molecule has 0 spiro atoms. The minimum Gasteiger partial charge on any atom is -0.387 e. The smallest absolute Gasteiger partial charge is 0.282 e. The van der Waals surface area contributed by atoms with E-state index in [1.54, 1.807) is 0 Å². The zero-order chi connectivity index (χ0) is 2.71. The van der Waals surface area contributed by atoms with Crippen LogP contribution in [0.2, 0.25) is 0 Å². The van der Waals surface area contributed by atoms with Gasteiger partial charge in [0.15, 0.2) is 17.4 Å². The summed E-state index contributed by atoms with van der Waals surface area (Å²) in [5.41, 5.74) is 0. The first-order valence-corrected chi connectivity index (χ1v) is 3.71. The Morgan fingerprint density at radius 2 is 1.60 bits per heavy atom. The van der Waals surface area contributed by atoms with Gasteiger partial charge >= 0.3 is 0 Å². The normalized spacial score (nSPS) is 2.60. The molecular formula is H6AlMnOPSi. The summed E-state index contributed by atoms with van der Waals surface area (Å²) in [6, 6.07) is 0. The molecule has 0 aliphatic carbocycles. The van der Waals surface area contributed by atoms with E-state index >= 15 is 0 Å². The van der Waals surface area contributed by atoms with Crippen LogP contribution in [0.4, 0.5) is 0 Å². The Balaban J connectivity index is -0.0000000200. The maximum atomic E-state index is 8.98. The van der Waals surface area contributed by atoms with E-state index in [0.717, 1.165) is 0 Å². The van der Waals surface area contributed by atoms with Crippen LogP contribution in [0.1, 0.15) is 0 Å². The molecule has 0 aromatic heterocycles. The first-order valence-electron chi connectivity index (χ1n) is 0.569. The van der Waals surface area contributed by atoms with Crippen LogP contribution in [0.3, 0.4) is 0 Å². The average Bonchev–Trinajstić information content (AvgIpc) is 0.918. The second-order valence-corrected chi connectivity index (χ2v) is 1.22. The third kappa shape index (κ3) is 30.0. The Morgan fingerprint density at radius 3 is 1.60 bits per heavy atom. The molecule has 0 aromatic rings. The maximum Gasteiger partial charge on any atom is 0.282 e. The van der Waals surface area contributed by atoms with Gasteiger partial charge in [0, 0.05) is 17.1 Å². The molecule has 0 fully saturated rings. The molecule has 0 saturated heterocycles. The molecule has 1 radical (unpaired) electrons. The Labute approximate surface area is 56.8 Å². The van der Waals surface area contributed by atoms with Gasteiger partial charge in [-0.3, -0.25) is 0 Å². The van der Waals surface area contributed by atoms with Gasteiger partial charge in [-0.25, -0.2) is 0 Å². The summed E-state index contributed by atoms with van der Waals surface area (Å²) < 4.78 is 8.98. The van der Waals surface area contributed by atoms with Crippen LogP contribution in [0, 0.1) is 0 Å². The van der Waals surface area contributed by atoms with E-state index in [1.807, 2.05) is 0 Å². The maximum absolute atomic E-state index is 8.98. The van der Waals surface area contributed by atoms with Crippen molar-refractivity contribution in [2.45, 2.75) is 0 Å². The second-order valence-electron chi connectivity index (χ2n) is 0.136. The summed E-state index contributed by atoms with van der Waals surface area (Å²) in [6.07, 6.45) is 0. The predicted octanol–water partition coefficient (Wildman–Crippen LogP) is -1.63. The fourth-order valence-corrected chi connectivity index (χ4v) is 0. The molecule has 0 N–H and O–H groups in total. The van der Waals surface area contributed by atoms with Crippen LogP contribution >= 0.6 is 8.79 Å². The topological polar surface area (TPSA) is 17.1 Å². The second kappa shape index (κ2) is 17.8. The van der Waals surface area contributed by atoms with E-state index in [4.69, 9.17) is 4.46 Å². The molecule has 1 atom stereocenters. The summed E-state index contributed by atoms with van der Waals surface area (Å²) in [6.45, 7) is 0. The van der Waals surface area contributed by atoms with E-state index in [1.165, 1.54) is 0 Å². The van der Waals surface area contributed by atoms with E-state index in [0.29, 0.717) is 0 Å². The van der Waals surface area contributed by atoms with Gasteiger partial charge in [0.25, 0.3) is 9.07 Å². The van der Waals surface area contributed by atoms with Crippen LogP contribution in [0.15, 0.2) is 0 Å². The number of hydrogen-bond acceptors (Lipinski definition) is 1. The third-order valence-electron chi connectivity index (χ3n) is 0. The van der Waals surface area contributed by atoms with Gasteiger partial charge < -0.3 is 4.46 Å². The van der Waals surface area contributed by atoms with Crippen molar-refractivity contribution in [1.82, 2.24) is 0 Å². The first kappa shape index (κ1) is 16.1. The molecule has 0 aromatic carbocycles. The molecular weight excluding hydrogens is 157 g/mol. The van der Waals surface area contributed by atoms with E-state index < -0.39 is 9.07 Å². The fraction of sp³-hybridized carbons (Fsp3) is 0. The van der Waals surface area contributed by atoms with Crippen molar-refractivity contribution in [3.63, 3.8) is 0 Å². The van der Waals surface area contributed by atoms with Gasteiger partial charge in [0.05, 0.1) is 0 Å². The van der Waals surface area contributed by atoms with Gasteiger partial charge in [0.1, 0.15) is 0 Å². The van der Waals surface area contributed by atoms with Crippen molar-refractivity contribution in [2.75, 3.05) is 0 Å². The minimum atomic E-state index is -0.583. The van der Waals surface area contributed by atoms with Crippen LogP contribution in [0.25, 0.3) is 0 Å². The monoisotopic (exact) mass is 163 g/mol. The number of hydrogen-bond donors (Lipinski definition) is 0. The quantitative estimate of drug-likeness (QED) is 0.309. The molecule has 0 aliphatic heterocycles. The molecule has 0 amide bonds. The molecule has 0 bridgehead atoms. The van der Waals surface area contributed by atoms with Gasteiger partial charge in [-0.1, -0.05) is 8.79 Å². The fourth-order valence-electron chi connectivity index (χ4n) is 0. The molecule has 5 heavy (non-hydrogen) atoms. The molecule has 5 heteroatoms. The van der Waals surface area contributed by atoms with Crippen molar-refractivity contribution in [2.24, 2.45) is 0 Å². The van der Waals surface area contributed by atoms with Crippen molar-refractivity contribution >= 4 is 35.2 Å². The van der Waals surface area contributed by atoms with Crippen molar-refractivity contribution in [3.8, 4) is 0 Å². The SMILES string of the molecule is O=[SiH]P.[AlH3].[Mn]. The standard InChI is InChI=1S/Al.Mn.H3OPSi.3H/c;;1-3-2;;;/h;;3H,2H2;;;. The zero-order valence-corrected chi connectivity index (χ0v) is 5.43. The van der Waals surface area contributed by atoms with Crippen LogP contribution < -0.4 is 0 Å². The van der Waals surface area contributed by atoms with Crippen LogP contribution in [-0.4, -0.2) is 26.4 Å². The molecule has 0 aliphatic rings. The van der Waals surface area contributed by atoms with Gasteiger partial charge in [-0.15, -0.1) is 0 Å². The molecule has 0 heterocycles. The third-order valence-corrected chi connectivity index (χ3v) is 0. The molecule has 1 nitrogen and oxygen atoms in total. The van der Waals surface area contributed by atoms with Crippen molar-refractivity contribution < 1.29 is 21.5 Å². The van der Waals surface area contributed by atoms with Crippen LogP contribution in [0.5, 0.6) is 0 Å². The predicted molar refractivity (Wildman–Crippen MR) is 27.5 cm³/mol. The Hall–Kier alpha value is 1.50.